The zero-order valence-corrected chi connectivity index (χ0v) is 11.2. The van der Waals surface area contributed by atoms with Crippen LogP contribution in [0.3, 0.4) is 0 Å². The first kappa shape index (κ1) is 17.4. The third kappa shape index (κ3) is 9.39. The van der Waals surface area contributed by atoms with Crippen LogP contribution < -0.4 is 0 Å². The highest BCUT2D eigenvalue weighted by atomic mass is 16.5. The average Bonchev–Trinajstić information content (AvgIpc) is 2.38. The highest BCUT2D eigenvalue weighted by molar-refractivity contribution is 5.69. The summed E-state index contributed by atoms with van der Waals surface area (Å²) >= 11 is 0. The van der Waals surface area contributed by atoms with Crippen LogP contribution in [0.25, 0.3) is 0 Å². The molecule has 0 amide bonds. The highest BCUT2D eigenvalue weighted by Gasteiger charge is 2.16. The molecular formula is C13H26O5. The summed E-state index contributed by atoms with van der Waals surface area (Å²) in [6, 6.07) is 0. The molecule has 18 heavy (non-hydrogen) atoms. The van der Waals surface area contributed by atoms with Crippen molar-refractivity contribution >= 4 is 5.97 Å². The van der Waals surface area contributed by atoms with Crippen LogP contribution in [0.2, 0.25) is 0 Å². The Labute approximate surface area is 109 Å². The topological polar surface area (TPSA) is 87.0 Å². The van der Waals surface area contributed by atoms with Crippen molar-refractivity contribution in [3.63, 3.8) is 0 Å². The van der Waals surface area contributed by atoms with E-state index >= 15 is 0 Å². The van der Waals surface area contributed by atoms with Gasteiger partial charge in [-0.15, -0.1) is 0 Å². The molecule has 5 nitrogen and oxygen atoms in total. The second-order valence-electron chi connectivity index (χ2n) is 4.52. The van der Waals surface area contributed by atoms with E-state index in [9.17, 15) is 9.90 Å². The molecule has 0 aromatic heterocycles. The van der Waals surface area contributed by atoms with Crippen molar-refractivity contribution in [1.82, 2.24) is 0 Å². The Kier molecular flexibility index (Phi) is 11.0. The van der Waals surface area contributed by atoms with Gasteiger partial charge in [-0.25, -0.2) is 0 Å². The summed E-state index contributed by atoms with van der Waals surface area (Å²) in [7, 11) is 0. The minimum atomic E-state index is -1.26. The first-order valence-electron chi connectivity index (χ1n) is 6.74. The SMILES string of the molecule is CCCCCCCCC(=O)OC[C@@H](O)[C@@H](O)CO. The molecule has 2 atom stereocenters. The Morgan fingerprint density at radius 1 is 1.06 bits per heavy atom. The maximum Gasteiger partial charge on any atom is 0.305 e. The molecule has 5 heteroatoms. The predicted molar refractivity (Wildman–Crippen MR) is 68.1 cm³/mol. The van der Waals surface area contributed by atoms with Gasteiger partial charge in [-0.05, 0) is 6.42 Å². The average molecular weight is 262 g/mol. The number of hydrogen-bond donors (Lipinski definition) is 3. The number of ether oxygens (including phenoxy) is 1. The van der Waals surface area contributed by atoms with Gasteiger partial charge >= 0.3 is 5.97 Å². The lowest BCUT2D eigenvalue weighted by Crippen LogP contribution is -2.34. The van der Waals surface area contributed by atoms with Gasteiger partial charge in [0.1, 0.15) is 18.8 Å². The van der Waals surface area contributed by atoms with Gasteiger partial charge < -0.3 is 20.1 Å². The van der Waals surface area contributed by atoms with Crippen molar-refractivity contribution in [3.05, 3.63) is 0 Å². The molecule has 0 bridgehead atoms. The number of unbranched alkanes of at least 4 members (excludes halogenated alkanes) is 5. The van der Waals surface area contributed by atoms with Gasteiger partial charge in [0.25, 0.3) is 0 Å². The van der Waals surface area contributed by atoms with Gasteiger partial charge in [0.15, 0.2) is 0 Å². The van der Waals surface area contributed by atoms with E-state index in [1.54, 1.807) is 0 Å². The number of aliphatic hydroxyl groups is 3. The molecule has 0 aromatic rings. The normalized spacial score (nSPS) is 14.2. The smallest absolute Gasteiger partial charge is 0.305 e. The van der Waals surface area contributed by atoms with E-state index in [-0.39, 0.29) is 12.6 Å². The number of carbonyl (C=O) groups is 1. The fourth-order valence-corrected chi connectivity index (χ4v) is 1.53. The summed E-state index contributed by atoms with van der Waals surface area (Å²) in [4.78, 5) is 11.3. The van der Waals surface area contributed by atoms with Crippen LogP contribution in [-0.2, 0) is 9.53 Å². The molecule has 0 radical (unpaired) electrons. The molecule has 3 N–H and O–H groups in total. The van der Waals surface area contributed by atoms with Gasteiger partial charge in [-0.1, -0.05) is 39.0 Å². The Balaban J connectivity index is 3.43. The second-order valence-corrected chi connectivity index (χ2v) is 4.52. The molecule has 0 aliphatic rings. The maximum absolute atomic E-state index is 11.3. The molecule has 0 rings (SSSR count). The largest absolute Gasteiger partial charge is 0.463 e. The van der Waals surface area contributed by atoms with Gasteiger partial charge in [0.2, 0.25) is 0 Å². The van der Waals surface area contributed by atoms with Crippen molar-refractivity contribution in [3.8, 4) is 0 Å². The molecular weight excluding hydrogens is 236 g/mol. The van der Waals surface area contributed by atoms with E-state index in [4.69, 9.17) is 14.9 Å². The molecule has 0 unspecified atom stereocenters. The monoisotopic (exact) mass is 262 g/mol. The van der Waals surface area contributed by atoms with Gasteiger partial charge in [0.05, 0.1) is 6.61 Å². The minimum absolute atomic E-state index is 0.267. The Hall–Kier alpha value is -0.650. The van der Waals surface area contributed by atoms with Crippen molar-refractivity contribution in [1.29, 1.82) is 0 Å². The molecule has 0 heterocycles. The lowest BCUT2D eigenvalue weighted by molar-refractivity contribution is -0.149. The number of aliphatic hydroxyl groups excluding tert-OH is 3. The lowest BCUT2D eigenvalue weighted by atomic mass is 10.1. The predicted octanol–water partition coefficient (Wildman–Crippen LogP) is 0.994. The molecule has 0 spiro atoms. The van der Waals surface area contributed by atoms with E-state index in [1.807, 2.05) is 0 Å². The summed E-state index contributed by atoms with van der Waals surface area (Å²) < 4.78 is 4.79. The van der Waals surface area contributed by atoms with E-state index in [0.29, 0.717) is 6.42 Å². The first-order chi connectivity index (χ1) is 8.61. The van der Waals surface area contributed by atoms with Crippen molar-refractivity contribution < 1.29 is 24.9 Å². The van der Waals surface area contributed by atoms with Crippen LogP contribution in [0.4, 0.5) is 0 Å². The molecule has 0 saturated heterocycles. The fourth-order valence-electron chi connectivity index (χ4n) is 1.53. The van der Waals surface area contributed by atoms with Crippen molar-refractivity contribution in [2.45, 2.75) is 64.1 Å². The van der Waals surface area contributed by atoms with Crippen LogP contribution in [0.5, 0.6) is 0 Å². The Bertz CT molecular complexity index is 208. The third-order valence-electron chi connectivity index (χ3n) is 2.78. The standard InChI is InChI=1S/C13H26O5/c1-2-3-4-5-6-7-8-13(17)18-10-12(16)11(15)9-14/h11-12,14-16H,2-10H2,1H3/t11-,12+/m0/s1. The molecule has 0 aliphatic heterocycles. The van der Waals surface area contributed by atoms with Gasteiger partial charge in [-0.3, -0.25) is 4.79 Å². The van der Waals surface area contributed by atoms with Crippen molar-refractivity contribution in [2.24, 2.45) is 0 Å². The summed E-state index contributed by atoms with van der Waals surface area (Å²) in [5.41, 5.74) is 0. The number of hydrogen-bond acceptors (Lipinski definition) is 5. The van der Waals surface area contributed by atoms with Crippen LogP contribution in [0, 0.1) is 0 Å². The Morgan fingerprint density at radius 3 is 2.28 bits per heavy atom. The number of carbonyl (C=O) groups excluding carboxylic acids is 1. The van der Waals surface area contributed by atoms with Crippen LogP contribution in [-0.4, -0.2) is 46.7 Å². The fraction of sp³-hybridized carbons (Fsp3) is 0.923. The molecule has 0 aromatic carbocycles. The molecule has 0 aliphatic carbocycles. The van der Waals surface area contributed by atoms with Gasteiger partial charge in [0, 0.05) is 6.42 Å². The van der Waals surface area contributed by atoms with Gasteiger partial charge in [-0.2, -0.15) is 0 Å². The zero-order chi connectivity index (χ0) is 13.8. The van der Waals surface area contributed by atoms with E-state index in [0.717, 1.165) is 19.3 Å². The maximum atomic E-state index is 11.3. The molecule has 0 saturated carbocycles. The Morgan fingerprint density at radius 2 is 1.67 bits per heavy atom. The molecule has 108 valence electrons. The minimum Gasteiger partial charge on any atom is -0.463 e. The van der Waals surface area contributed by atoms with Crippen molar-refractivity contribution in [2.75, 3.05) is 13.2 Å². The molecule has 0 fully saturated rings. The third-order valence-corrected chi connectivity index (χ3v) is 2.78. The summed E-state index contributed by atoms with van der Waals surface area (Å²) in [5.74, 6) is -0.366. The quantitative estimate of drug-likeness (QED) is 0.382. The number of esters is 1. The van der Waals surface area contributed by atoms with E-state index in [1.165, 1.54) is 19.3 Å². The first-order valence-corrected chi connectivity index (χ1v) is 6.74. The number of rotatable bonds is 11. The van der Waals surface area contributed by atoms with E-state index < -0.39 is 18.8 Å². The summed E-state index contributed by atoms with van der Waals surface area (Å²) in [6.07, 6.45) is 4.44. The highest BCUT2D eigenvalue weighted by Crippen LogP contribution is 2.07. The second kappa shape index (κ2) is 11.4. The summed E-state index contributed by atoms with van der Waals surface area (Å²) in [5, 5.41) is 26.9. The van der Waals surface area contributed by atoms with Crippen LogP contribution in [0.15, 0.2) is 0 Å². The zero-order valence-electron chi connectivity index (χ0n) is 11.2. The van der Waals surface area contributed by atoms with E-state index in [2.05, 4.69) is 6.92 Å². The van der Waals surface area contributed by atoms with Crippen LogP contribution in [0.1, 0.15) is 51.9 Å². The summed E-state index contributed by atoms with van der Waals surface area (Å²) in [6.45, 7) is 1.34. The van der Waals surface area contributed by atoms with Crippen LogP contribution >= 0.6 is 0 Å². The lowest BCUT2D eigenvalue weighted by Gasteiger charge is -2.15.